The molecule has 0 saturated heterocycles. The highest BCUT2D eigenvalue weighted by Gasteiger charge is 2.57. The van der Waals surface area contributed by atoms with Gasteiger partial charge in [0.25, 0.3) is 5.69 Å². The fourth-order valence-corrected chi connectivity index (χ4v) is 3.52. The number of non-ortho nitro benzene ring substituents is 1. The molecule has 1 aliphatic rings. The minimum absolute atomic E-state index is 0.193. The molecule has 9 nitrogen and oxygen atoms in total. The number of nitro benzene ring substituents is 1. The van der Waals surface area contributed by atoms with Crippen LogP contribution < -0.4 is 0 Å². The van der Waals surface area contributed by atoms with E-state index in [1.807, 2.05) is 0 Å². The summed E-state index contributed by atoms with van der Waals surface area (Å²) in [5.74, 6) is -6.14. The maximum Gasteiger partial charge on any atom is 0.316 e. The van der Waals surface area contributed by atoms with E-state index < -0.39 is 52.4 Å². The van der Waals surface area contributed by atoms with Gasteiger partial charge < -0.3 is 14.6 Å². The molecular weight excluding hydrogens is 346 g/mol. The Labute approximate surface area is 149 Å². The third-order valence-corrected chi connectivity index (χ3v) is 4.64. The van der Waals surface area contributed by atoms with Crippen LogP contribution in [-0.4, -0.2) is 47.6 Å². The largest absolute Gasteiger partial charge is 0.469 e. The molecule has 0 aromatic heterocycles. The fourth-order valence-electron chi connectivity index (χ4n) is 3.52. The van der Waals surface area contributed by atoms with Gasteiger partial charge in [0.05, 0.1) is 30.7 Å². The van der Waals surface area contributed by atoms with E-state index in [-0.39, 0.29) is 11.3 Å². The standard InChI is InChI=1S/C17H19NO8/c1-17(22)8-11(19)13(15(20)25-2)12(14(17)16(21)26-3)9-5-4-6-10(7-9)18(23)24/h4-7,12-14,22H,8H2,1-3H3/t12-,13-,14+,17+/m1/s1. The van der Waals surface area contributed by atoms with Crippen LogP contribution in [0, 0.1) is 22.0 Å². The maximum absolute atomic E-state index is 12.5. The summed E-state index contributed by atoms with van der Waals surface area (Å²) < 4.78 is 9.45. The van der Waals surface area contributed by atoms with E-state index in [9.17, 15) is 29.6 Å². The zero-order valence-electron chi connectivity index (χ0n) is 14.5. The van der Waals surface area contributed by atoms with Crippen molar-refractivity contribution >= 4 is 23.4 Å². The number of carbonyl (C=O) groups is 3. The number of methoxy groups -OCH3 is 2. The number of benzene rings is 1. The van der Waals surface area contributed by atoms with Gasteiger partial charge in [-0.2, -0.15) is 0 Å². The number of aliphatic hydroxyl groups is 1. The molecule has 1 aromatic rings. The Bertz CT molecular complexity index is 757. The smallest absolute Gasteiger partial charge is 0.316 e. The first-order valence-electron chi connectivity index (χ1n) is 7.79. The van der Waals surface area contributed by atoms with Crippen LogP contribution in [0.4, 0.5) is 5.69 Å². The van der Waals surface area contributed by atoms with Crippen molar-refractivity contribution in [3.63, 3.8) is 0 Å². The number of hydrogen-bond donors (Lipinski definition) is 1. The first-order valence-corrected chi connectivity index (χ1v) is 7.79. The summed E-state index contributed by atoms with van der Waals surface area (Å²) in [5, 5.41) is 21.8. The van der Waals surface area contributed by atoms with Crippen LogP contribution in [-0.2, 0) is 23.9 Å². The summed E-state index contributed by atoms with van der Waals surface area (Å²) >= 11 is 0. The van der Waals surface area contributed by atoms with Crippen molar-refractivity contribution in [2.45, 2.75) is 24.9 Å². The van der Waals surface area contributed by atoms with E-state index in [0.717, 1.165) is 14.2 Å². The van der Waals surface area contributed by atoms with Crippen LogP contribution in [0.1, 0.15) is 24.8 Å². The Morgan fingerprint density at radius 2 is 1.88 bits per heavy atom. The van der Waals surface area contributed by atoms with Crippen LogP contribution in [0.25, 0.3) is 0 Å². The normalized spacial score (nSPS) is 28.3. The first-order chi connectivity index (χ1) is 12.1. The molecule has 0 aliphatic heterocycles. The Morgan fingerprint density at radius 1 is 1.27 bits per heavy atom. The zero-order chi connectivity index (χ0) is 19.6. The predicted molar refractivity (Wildman–Crippen MR) is 87.1 cm³/mol. The number of nitro groups is 1. The van der Waals surface area contributed by atoms with Crippen molar-refractivity contribution in [1.29, 1.82) is 0 Å². The van der Waals surface area contributed by atoms with E-state index in [1.165, 1.54) is 31.2 Å². The van der Waals surface area contributed by atoms with E-state index in [4.69, 9.17) is 9.47 Å². The first kappa shape index (κ1) is 19.5. The van der Waals surface area contributed by atoms with Gasteiger partial charge in [-0.05, 0) is 12.5 Å². The quantitative estimate of drug-likeness (QED) is 0.361. The molecule has 0 amide bonds. The molecule has 26 heavy (non-hydrogen) atoms. The van der Waals surface area contributed by atoms with E-state index >= 15 is 0 Å². The third-order valence-electron chi connectivity index (χ3n) is 4.64. The summed E-state index contributed by atoms with van der Waals surface area (Å²) in [7, 11) is 2.21. The van der Waals surface area contributed by atoms with Crippen LogP contribution >= 0.6 is 0 Å². The monoisotopic (exact) mass is 365 g/mol. The second-order valence-corrected chi connectivity index (χ2v) is 6.38. The fraction of sp³-hybridized carbons (Fsp3) is 0.471. The highest BCUT2D eigenvalue weighted by Crippen LogP contribution is 2.47. The summed E-state index contributed by atoms with van der Waals surface area (Å²) in [6.45, 7) is 1.30. The maximum atomic E-state index is 12.5. The lowest BCUT2D eigenvalue weighted by Gasteiger charge is -2.43. The van der Waals surface area contributed by atoms with Crippen molar-refractivity contribution in [3.05, 3.63) is 39.9 Å². The summed E-state index contributed by atoms with van der Waals surface area (Å²) in [4.78, 5) is 47.6. The molecule has 0 spiro atoms. The highest BCUT2D eigenvalue weighted by molar-refractivity contribution is 6.02. The SMILES string of the molecule is COC(=O)[C@@H]1C(=O)C[C@](C)(O)[C@H](C(=O)OC)[C@@H]1c1cccc([N+](=O)[O-])c1. The molecule has 1 fully saturated rings. The minimum Gasteiger partial charge on any atom is -0.469 e. The number of esters is 2. The van der Waals surface area contributed by atoms with Gasteiger partial charge in [-0.3, -0.25) is 24.5 Å². The number of nitrogens with zero attached hydrogens (tertiary/aromatic N) is 1. The lowest BCUT2D eigenvalue weighted by atomic mass is 9.61. The lowest BCUT2D eigenvalue weighted by Crippen LogP contribution is -2.55. The van der Waals surface area contributed by atoms with Crippen LogP contribution in [0.3, 0.4) is 0 Å². The van der Waals surface area contributed by atoms with Crippen LogP contribution in [0.2, 0.25) is 0 Å². The van der Waals surface area contributed by atoms with Gasteiger partial charge in [-0.1, -0.05) is 12.1 Å². The second kappa shape index (κ2) is 7.20. The van der Waals surface area contributed by atoms with Crippen molar-refractivity contribution in [2.75, 3.05) is 14.2 Å². The molecule has 1 aromatic carbocycles. The molecule has 1 saturated carbocycles. The Morgan fingerprint density at radius 3 is 2.42 bits per heavy atom. The average Bonchev–Trinajstić information content (AvgIpc) is 2.59. The summed E-state index contributed by atoms with van der Waals surface area (Å²) in [6.07, 6.45) is -0.446. The molecule has 0 unspecified atom stereocenters. The summed E-state index contributed by atoms with van der Waals surface area (Å²) in [5.41, 5.74) is -1.87. The van der Waals surface area contributed by atoms with Gasteiger partial charge in [0.15, 0.2) is 5.78 Å². The van der Waals surface area contributed by atoms with E-state index in [2.05, 4.69) is 0 Å². The Balaban J connectivity index is 2.69. The predicted octanol–water partition coefficient (Wildman–Crippen LogP) is 0.981. The van der Waals surface area contributed by atoms with Crippen molar-refractivity contribution in [3.8, 4) is 0 Å². The molecule has 0 bridgehead atoms. The van der Waals surface area contributed by atoms with E-state index in [0.29, 0.717) is 0 Å². The van der Waals surface area contributed by atoms with Crippen LogP contribution in [0.15, 0.2) is 24.3 Å². The lowest BCUT2D eigenvalue weighted by molar-refractivity contribution is -0.385. The number of carbonyl (C=O) groups excluding carboxylic acids is 3. The Hall–Kier alpha value is -2.81. The summed E-state index contributed by atoms with van der Waals surface area (Å²) in [6, 6.07) is 5.25. The van der Waals surface area contributed by atoms with E-state index in [1.54, 1.807) is 0 Å². The minimum atomic E-state index is -1.79. The number of rotatable bonds is 4. The molecule has 4 atom stereocenters. The molecule has 0 heterocycles. The van der Waals surface area contributed by atoms with Crippen molar-refractivity contribution in [2.24, 2.45) is 11.8 Å². The van der Waals surface area contributed by atoms with Gasteiger partial charge >= 0.3 is 11.9 Å². The second-order valence-electron chi connectivity index (χ2n) is 6.38. The van der Waals surface area contributed by atoms with Gasteiger partial charge in [0, 0.05) is 24.5 Å². The molecule has 0 radical (unpaired) electrons. The number of hydrogen-bond acceptors (Lipinski definition) is 8. The zero-order valence-corrected chi connectivity index (χ0v) is 14.5. The topological polar surface area (TPSA) is 133 Å². The average molecular weight is 365 g/mol. The third kappa shape index (κ3) is 3.43. The molecule has 1 N–H and O–H groups in total. The molecule has 1 aliphatic carbocycles. The van der Waals surface area contributed by atoms with Gasteiger partial charge in [-0.25, -0.2) is 0 Å². The van der Waals surface area contributed by atoms with Gasteiger partial charge in [0.1, 0.15) is 5.92 Å². The number of Topliss-reactive ketones (excluding diaryl/α,β-unsaturated/α-hetero) is 1. The molecule has 2 rings (SSSR count). The van der Waals surface area contributed by atoms with Crippen molar-refractivity contribution in [1.82, 2.24) is 0 Å². The molecule has 140 valence electrons. The number of ether oxygens (including phenoxy) is 2. The molecular formula is C17H19NO8. The van der Waals surface area contributed by atoms with Crippen LogP contribution in [0.5, 0.6) is 0 Å². The highest BCUT2D eigenvalue weighted by atomic mass is 16.6. The molecule has 9 heteroatoms. The Kier molecular flexibility index (Phi) is 5.41. The number of ketones is 1. The van der Waals surface area contributed by atoms with Gasteiger partial charge in [-0.15, -0.1) is 0 Å². The van der Waals surface area contributed by atoms with Crippen molar-refractivity contribution < 1.29 is 33.9 Å². The van der Waals surface area contributed by atoms with Gasteiger partial charge in [0.2, 0.25) is 0 Å².